The van der Waals surface area contributed by atoms with Crippen molar-refractivity contribution in [1.29, 1.82) is 0 Å². The monoisotopic (exact) mass is 1080 g/mol. The summed E-state index contributed by atoms with van der Waals surface area (Å²) in [7, 11) is 0. The van der Waals surface area contributed by atoms with Crippen LogP contribution in [0.4, 0.5) is 4.79 Å². The lowest BCUT2D eigenvalue weighted by Gasteiger charge is -2.61. The van der Waals surface area contributed by atoms with Gasteiger partial charge in [0, 0.05) is 30.6 Å². The Morgan fingerprint density at radius 1 is 0.506 bits per heavy atom. The number of carbonyl (C=O) groups is 6. The van der Waals surface area contributed by atoms with Gasteiger partial charge in [0.1, 0.15) is 25.1 Å². The summed E-state index contributed by atoms with van der Waals surface area (Å²) in [6.45, 7) is 9.80. The predicted octanol–water partition coefficient (Wildman–Crippen LogP) is 6.16. The Bertz CT molecular complexity index is 3370. The topological polar surface area (TPSA) is 158 Å². The first-order valence-corrected chi connectivity index (χ1v) is 26.1. The number of ether oxygens (including phenoxy) is 6. The average molecular weight is 1080 g/mol. The summed E-state index contributed by atoms with van der Waals surface area (Å²) in [6.07, 6.45) is 6.40. The van der Waals surface area contributed by atoms with E-state index in [9.17, 15) is 28.8 Å². The van der Waals surface area contributed by atoms with Crippen molar-refractivity contribution in [2.24, 2.45) is 46.3 Å². The number of rotatable bonds is 14. The first-order chi connectivity index (χ1) is 39.2. The minimum atomic E-state index is -1.29. The van der Waals surface area contributed by atoms with Crippen molar-refractivity contribution < 1.29 is 57.2 Å². The van der Waals surface area contributed by atoms with Gasteiger partial charge in [0.2, 0.25) is 6.79 Å². The lowest BCUT2D eigenvalue weighted by atomic mass is 9.44. The Morgan fingerprint density at radius 3 is 1.44 bits per heavy atom. The Hall–Kier alpha value is -10.2. The van der Waals surface area contributed by atoms with Crippen LogP contribution in [0.3, 0.4) is 0 Å². The number of ketones is 1. The molecule has 4 fully saturated rings. The van der Waals surface area contributed by atoms with Crippen LogP contribution in [0.2, 0.25) is 0 Å². The van der Waals surface area contributed by atoms with E-state index in [1.54, 1.807) is 27.7 Å². The van der Waals surface area contributed by atoms with Gasteiger partial charge in [0.15, 0.2) is 6.10 Å². The van der Waals surface area contributed by atoms with Gasteiger partial charge < -0.3 is 28.4 Å². The van der Waals surface area contributed by atoms with Crippen LogP contribution in [0.25, 0.3) is 0 Å². The summed E-state index contributed by atoms with van der Waals surface area (Å²) in [5, 5.41) is 0. The molecule has 4 aliphatic rings. The van der Waals surface area contributed by atoms with Crippen molar-refractivity contribution in [3.8, 4) is 189 Å². The summed E-state index contributed by atoms with van der Waals surface area (Å²) in [5.74, 6) is 76.9. The lowest BCUT2D eigenvalue weighted by molar-refractivity contribution is -0.163. The number of carbonyl (C=O) groups excluding carboxylic acids is 6. The number of esters is 4. The first-order valence-electron chi connectivity index (χ1n) is 26.1. The van der Waals surface area contributed by atoms with Gasteiger partial charge in [-0.3, -0.25) is 14.4 Å². The van der Waals surface area contributed by atoms with Crippen molar-refractivity contribution in [1.82, 2.24) is 0 Å². The minimum absolute atomic E-state index is 0.102. The molecule has 0 heterocycles. The van der Waals surface area contributed by atoms with Crippen LogP contribution in [0.5, 0.6) is 0 Å². The van der Waals surface area contributed by atoms with E-state index in [0.717, 1.165) is 57.8 Å². The van der Waals surface area contributed by atoms with Crippen molar-refractivity contribution in [2.75, 3.05) is 20.0 Å². The smallest absolute Gasteiger partial charge is 0.455 e. The second-order valence-corrected chi connectivity index (χ2v) is 19.4. The van der Waals surface area contributed by atoms with Crippen LogP contribution >= 0.6 is 0 Å². The molecular weight excluding hydrogens is 1020 g/mol. The fraction of sp³-hybridized carbons (Fsp3) is 0.449. The van der Waals surface area contributed by atoms with E-state index in [2.05, 4.69) is 203 Å². The molecule has 0 bridgehead atoms. The molecule has 0 aromatic rings. The highest BCUT2D eigenvalue weighted by Crippen LogP contribution is 2.67. The highest BCUT2D eigenvalue weighted by molar-refractivity contribution is 5.89. The quantitative estimate of drug-likeness (QED) is 0.0644. The Morgan fingerprint density at radius 2 is 0.963 bits per heavy atom. The predicted molar refractivity (Wildman–Crippen MR) is 299 cm³/mol. The molecule has 4 saturated carbocycles. The van der Waals surface area contributed by atoms with E-state index in [1.165, 1.54) is 0 Å². The molecule has 0 spiro atoms. The molecule has 12 heteroatoms. The van der Waals surface area contributed by atoms with E-state index in [-0.39, 0.29) is 48.0 Å². The highest BCUT2D eigenvalue weighted by Gasteiger charge is 2.61. The zero-order chi connectivity index (χ0) is 58.6. The van der Waals surface area contributed by atoms with Gasteiger partial charge in [-0.25, -0.2) is 14.4 Å². The van der Waals surface area contributed by atoms with Crippen LogP contribution in [0.15, 0.2) is 0 Å². The molecule has 9 atom stereocenters. The van der Waals surface area contributed by atoms with Crippen LogP contribution in [-0.4, -0.2) is 68.0 Å². The van der Waals surface area contributed by atoms with Gasteiger partial charge in [-0.1, -0.05) is 32.6 Å². The summed E-state index contributed by atoms with van der Waals surface area (Å²) >= 11 is 0. The molecule has 0 aliphatic heterocycles. The number of fused-ring (bicyclic) bond motifs is 5. The molecular formula is C69H56O12. The van der Waals surface area contributed by atoms with Gasteiger partial charge in [0.25, 0.3) is 0 Å². The Labute approximate surface area is 477 Å². The molecule has 0 aromatic heterocycles. The van der Waals surface area contributed by atoms with Crippen LogP contribution in [0.1, 0.15) is 119 Å². The van der Waals surface area contributed by atoms with Crippen LogP contribution in [-0.2, 0) is 52.4 Å². The molecule has 0 N–H and O–H groups in total. The summed E-state index contributed by atoms with van der Waals surface area (Å²) in [6, 6.07) is 0. The third-order valence-electron chi connectivity index (χ3n) is 14.4. The van der Waals surface area contributed by atoms with Gasteiger partial charge in [-0.15, -0.1) is 0 Å². The molecule has 12 nitrogen and oxygen atoms in total. The first kappa shape index (κ1) is 63.3. The van der Waals surface area contributed by atoms with E-state index >= 15 is 0 Å². The SMILES string of the molecule is CC#CC#CC#CC#CC#CC#CC#CC#CC(=O)OCC(COC(=O)C#CC#CC#CC#CC#CC#CC#CC#CC)OC(=O)CCC(C)CC(=O)OCOC(=O)O[C@@H]1CC[C@@]2(C)[C@@H](CC[C@@H]3[C@@H]2CC[C@]2(C)[C@@H](C(C)=O)CC[C@@H]32)C1. The third-order valence-corrected chi connectivity index (χ3v) is 14.4. The molecule has 0 saturated heterocycles. The second-order valence-electron chi connectivity index (χ2n) is 19.4. The van der Waals surface area contributed by atoms with E-state index in [0.29, 0.717) is 29.5 Å². The molecule has 4 aliphatic carbocycles. The summed E-state index contributed by atoms with van der Waals surface area (Å²) < 4.78 is 31.7. The highest BCUT2D eigenvalue weighted by atomic mass is 16.8. The lowest BCUT2D eigenvalue weighted by Crippen LogP contribution is -2.54. The maximum Gasteiger partial charge on any atom is 0.511 e. The zero-order valence-corrected chi connectivity index (χ0v) is 46.1. The number of hydrogen-bond acceptors (Lipinski definition) is 12. The van der Waals surface area contributed by atoms with Crippen LogP contribution in [0, 0.1) is 236 Å². The number of hydrogen-bond donors (Lipinski definition) is 0. The standard InChI is InChI=1S/C69H56O12/c1-7-9-11-13-15-17-19-21-23-25-27-29-31-33-35-37-63(71)76-51-58(52-77-64(72)38-36-34-32-30-28-26-24-22-20-18-16-14-12-10-8-2)80-65(73)44-39-54(3)49-66(74)78-53-79-67(75)81-57-45-47-68(5)56(50-57)40-41-59-61-43-42-60(55(4)70)69(61,6)48-46-62(59)68/h54,56-62H,39-53H2,1-6H3/t54?,56-,57+,59-,60+,61-,62-,68-,69+/m0/s1. The van der Waals surface area contributed by atoms with Gasteiger partial charge >= 0.3 is 30.0 Å². The molecule has 1 unspecified atom stereocenters. The van der Waals surface area contributed by atoms with Crippen molar-refractivity contribution in [2.45, 2.75) is 131 Å². The third kappa shape index (κ3) is 22.7. The maximum absolute atomic E-state index is 13.0. The number of Topliss-reactive ketones (excluding diaryl/α,β-unsaturated/α-hetero) is 1. The average Bonchev–Trinajstić information content (AvgIpc) is 2.37. The molecule has 4 rings (SSSR count). The van der Waals surface area contributed by atoms with Gasteiger partial charge in [-0.05, 0) is 291 Å². The van der Waals surface area contributed by atoms with Crippen molar-refractivity contribution in [3.63, 3.8) is 0 Å². The Kier molecular flexibility index (Phi) is 27.5. The second kappa shape index (κ2) is 35.2. The fourth-order valence-corrected chi connectivity index (χ4v) is 10.9. The summed E-state index contributed by atoms with van der Waals surface area (Å²) in [4.78, 5) is 75.7. The van der Waals surface area contributed by atoms with Crippen molar-refractivity contribution >= 4 is 35.8 Å². The summed E-state index contributed by atoms with van der Waals surface area (Å²) in [5.41, 5.74) is 0.260. The van der Waals surface area contributed by atoms with Gasteiger partial charge in [-0.2, -0.15) is 0 Å². The van der Waals surface area contributed by atoms with E-state index in [1.807, 2.05) is 0 Å². The van der Waals surface area contributed by atoms with Crippen molar-refractivity contribution in [3.05, 3.63) is 0 Å². The molecule has 0 radical (unpaired) electrons. The maximum atomic E-state index is 13.0. The zero-order valence-electron chi connectivity index (χ0n) is 46.1. The van der Waals surface area contributed by atoms with E-state index < -0.39 is 56.1 Å². The Balaban J connectivity index is 1.22. The normalized spacial score (nSPS) is 21.2. The fourth-order valence-electron chi connectivity index (χ4n) is 10.9. The largest absolute Gasteiger partial charge is 0.511 e. The van der Waals surface area contributed by atoms with E-state index in [4.69, 9.17) is 28.4 Å². The van der Waals surface area contributed by atoms with Crippen LogP contribution < -0.4 is 0 Å². The molecule has 404 valence electrons. The molecule has 0 aromatic carbocycles. The molecule has 0 amide bonds. The van der Waals surface area contributed by atoms with Gasteiger partial charge in [0.05, 0.1) is 0 Å². The minimum Gasteiger partial charge on any atom is -0.455 e. The molecule has 81 heavy (non-hydrogen) atoms.